The van der Waals surface area contributed by atoms with Crippen LogP contribution >= 0.6 is 0 Å². The minimum absolute atomic E-state index is 0.0134. The lowest BCUT2D eigenvalue weighted by atomic mass is 10.0. The van der Waals surface area contributed by atoms with Crippen LogP contribution in [0, 0.1) is 5.92 Å². The zero-order valence-electron chi connectivity index (χ0n) is 45.6. The van der Waals surface area contributed by atoms with Crippen molar-refractivity contribution < 1.29 is 52.4 Å². The van der Waals surface area contributed by atoms with E-state index in [1.54, 1.807) is 0 Å². The summed E-state index contributed by atoms with van der Waals surface area (Å²) in [6, 6.07) is 0. The molecular formula is C57H107NO11. The quantitative estimate of drug-likeness (QED) is 0.0325. The van der Waals surface area contributed by atoms with Gasteiger partial charge in [0.25, 0.3) is 0 Å². The zero-order valence-corrected chi connectivity index (χ0v) is 45.6. The third-order valence-electron chi connectivity index (χ3n) is 12.9. The Labute approximate surface area is 422 Å². The van der Waals surface area contributed by atoms with E-state index in [1.807, 2.05) is 19.0 Å². The van der Waals surface area contributed by atoms with Crippen LogP contribution in [-0.4, -0.2) is 94.2 Å². The molecule has 0 saturated heterocycles. The number of ether oxygens (including phenoxy) is 6. The predicted molar refractivity (Wildman–Crippen MR) is 279 cm³/mol. The zero-order chi connectivity index (χ0) is 50.8. The summed E-state index contributed by atoms with van der Waals surface area (Å²) in [7, 11) is 3.73. The third-order valence-corrected chi connectivity index (χ3v) is 12.9. The first kappa shape index (κ1) is 66.1. The Kier molecular flexibility index (Phi) is 48.0. The van der Waals surface area contributed by atoms with Crippen LogP contribution in [0.5, 0.6) is 0 Å². The van der Waals surface area contributed by atoms with Crippen molar-refractivity contribution in [3.8, 4) is 0 Å². The van der Waals surface area contributed by atoms with Crippen LogP contribution in [0.1, 0.15) is 272 Å². The summed E-state index contributed by atoms with van der Waals surface area (Å²) in [5, 5.41) is 0. The average molecular weight is 982 g/mol. The Morgan fingerprint density at radius 1 is 0.362 bits per heavy atom. The van der Waals surface area contributed by atoms with Crippen LogP contribution < -0.4 is 0 Å². The SMILES string of the molecule is CCCCCCCCC(CCCCCC)OC(=O)CCCCCCCOC(=O)CCC(COC(=O)OCCN(C)C)C(=O)OCCCCCCCC(=O)OC(CCCCCC)CCCCCCCC. The van der Waals surface area contributed by atoms with Crippen molar-refractivity contribution in [2.24, 2.45) is 5.92 Å². The second-order valence-corrected chi connectivity index (χ2v) is 19.9. The van der Waals surface area contributed by atoms with E-state index < -0.39 is 24.0 Å². The van der Waals surface area contributed by atoms with Gasteiger partial charge in [-0.1, -0.05) is 169 Å². The number of hydrogen-bond donors (Lipinski definition) is 0. The summed E-state index contributed by atoms with van der Waals surface area (Å²) in [6.45, 7) is 9.81. The van der Waals surface area contributed by atoms with Crippen molar-refractivity contribution in [1.29, 1.82) is 0 Å². The van der Waals surface area contributed by atoms with Crippen molar-refractivity contribution in [1.82, 2.24) is 4.90 Å². The van der Waals surface area contributed by atoms with Gasteiger partial charge < -0.3 is 33.3 Å². The number of nitrogens with zero attached hydrogens (tertiary/aromatic N) is 1. The largest absolute Gasteiger partial charge is 0.508 e. The molecule has 0 heterocycles. The van der Waals surface area contributed by atoms with Crippen molar-refractivity contribution in [2.75, 3.05) is 47.1 Å². The Morgan fingerprint density at radius 3 is 1.17 bits per heavy atom. The monoisotopic (exact) mass is 982 g/mol. The third kappa shape index (κ3) is 46.0. The summed E-state index contributed by atoms with van der Waals surface area (Å²) >= 11 is 0. The van der Waals surface area contributed by atoms with Crippen molar-refractivity contribution >= 4 is 30.0 Å². The minimum atomic E-state index is -0.871. The highest BCUT2D eigenvalue weighted by atomic mass is 16.7. The Balaban J connectivity index is 4.61. The van der Waals surface area contributed by atoms with Gasteiger partial charge in [0.05, 0.1) is 19.1 Å². The molecule has 0 aromatic heterocycles. The van der Waals surface area contributed by atoms with Crippen LogP contribution in [-0.2, 0) is 47.6 Å². The highest BCUT2D eigenvalue weighted by Gasteiger charge is 2.24. The molecule has 0 radical (unpaired) electrons. The van der Waals surface area contributed by atoms with E-state index in [0.29, 0.717) is 32.2 Å². The number of likely N-dealkylation sites (N-methyl/N-ethyl adjacent to an activating group) is 1. The molecule has 0 rings (SSSR count). The fraction of sp³-hybridized carbons (Fsp3) is 0.912. The molecule has 0 aliphatic heterocycles. The maximum absolute atomic E-state index is 13.1. The maximum atomic E-state index is 13.1. The topological polar surface area (TPSA) is 144 Å². The van der Waals surface area contributed by atoms with E-state index in [0.717, 1.165) is 103 Å². The van der Waals surface area contributed by atoms with Gasteiger partial charge in [0.15, 0.2) is 0 Å². The molecule has 69 heavy (non-hydrogen) atoms. The lowest BCUT2D eigenvalue weighted by Crippen LogP contribution is -2.27. The maximum Gasteiger partial charge on any atom is 0.508 e. The van der Waals surface area contributed by atoms with Gasteiger partial charge in [-0.2, -0.15) is 0 Å². The molecule has 406 valence electrons. The van der Waals surface area contributed by atoms with Crippen molar-refractivity contribution in [3.05, 3.63) is 0 Å². The number of hydrogen-bond acceptors (Lipinski definition) is 12. The van der Waals surface area contributed by atoms with E-state index in [2.05, 4.69) is 27.7 Å². The van der Waals surface area contributed by atoms with Crippen molar-refractivity contribution in [3.63, 3.8) is 0 Å². The van der Waals surface area contributed by atoms with Gasteiger partial charge in [0.2, 0.25) is 0 Å². The second-order valence-electron chi connectivity index (χ2n) is 19.9. The van der Waals surface area contributed by atoms with Gasteiger partial charge in [-0.25, -0.2) is 4.79 Å². The first-order chi connectivity index (χ1) is 33.6. The van der Waals surface area contributed by atoms with E-state index >= 15 is 0 Å². The molecule has 0 spiro atoms. The Hall–Kier alpha value is -2.89. The van der Waals surface area contributed by atoms with Crippen LogP contribution in [0.25, 0.3) is 0 Å². The Morgan fingerprint density at radius 2 is 0.739 bits per heavy atom. The molecule has 12 nitrogen and oxygen atoms in total. The first-order valence-corrected chi connectivity index (χ1v) is 28.7. The van der Waals surface area contributed by atoms with Gasteiger partial charge >= 0.3 is 30.0 Å². The van der Waals surface area contributed by atoms with E-state index in [-0.39, 0.29) is 63.4 Å². The molecule has 3 unspecified atom stereocenters. The number of unbranched alkanes of at least 4 members (excludes halogenated alkanes) is 24. The summed E-state index contributed by atoms with van der Waals surface area (Å²) in [5.74, 6) is -1.95. The van der Waals surface area contributed by atoms with Crippen molar-refractivity contribution in [2.45, 2.75) is 284 Å². The van der Waals surface area contributed by atoms with E-state index in [4.69, 9.17) is 28.4 Å². The molecule has 3 atom stereocenters. The highest BCUT2D eigenvalue weighted by Crippen LogP contribution is 2.20. The minimum Gasteiger partial charge on any atom is -0.466 e. The molecular weight excluding hydrogens is 875 g/mol. The summed E-state index contributed by atoms with van der Waals surface area (Å²) in [4.78, 5) is 65.3. The molecule has 0 saturated carbocycles. The van der Waals surface area contributed by atoms with Crippen LogP contribution in [0.3, 0.4) is 0 Å². The first-order valence-electron chi connectivity index (χ1n) is 28.7. The van der Waals surface area contributed by atoms with Gasteiger partial charge in [-0.15, -0.1) is 0 Å². The smallest absolute Gasteiger partial charge is 0.466 e. The number of esters is 4. The summed E-state index contributed by atoms with van der Waals surface area (Å²) in [6.07, 6.45) is 36.6. The van der Waals surface area contributed by atoms with Gasteiger partial charge in [0, 0.05) is 25.8 Å². The number of rotatable bonds is 51. The number of carbonyl (C=O) groups excluding carboxylic acids is 5. The lowest BCUT2D eigenvalue weighted by Gasteiger charge is -2.18. The molecule has 0 aromatic rings. The van der Waals surface area contributed by atoms with Crippen LogP contribution in [0.4, 0.5) is 4.79 Å². The second kappa shape index (κ2) is 50.1. The van der Waals surface area contributed by atoms with Gasteiger partial charge in [0.1, 0.15) is 25.4 Å². The Bertz CT molecular complexity index is 1210. The predicted octanol–water partition coefficient (Wildman–Crippen LogP) is 15.1. The molecule has 12 heteroatoms. The highest BCUT2D eigenvalue weighted by molar-refractivity contribution is 5.75. The molecule has 0 bridgehead atoms. The van der Waals surface area contributed by atoms with E-state index in [1.165, 1.54) is 103 Å². The normalized spacial score (nSPS) is 12.6. The summed E-state index contributed by atoms with van der Waals surface area (Å²) < 4.78 is 33.3. The van der Waals surface area contributed by atoms with Crippen LogP contribution in [0.15, 0.2) is 0 Å². The standard InChI is InChI=1S/C57H107NO11/c1-7-11-15-19-23-31-39-51(37-29-17-13-9-3)68-54(60)41-33-25-21-27-35-46-64-53(59)44-43-50(49-67-57(63)66-48-45-58(5)6)56(62)65-47-36-28-22-26-34-42-55(61)69-52(38-30-18-14-10-4)40-32-24-20-16-12-8-2/h50-52H,7-49H2,1-6H3. The van der Waals surface area contributed by atoms with E-state index in [9.17, 15) is 24.0 Å². The molecule has 0 fully saturated rings. The van der Waals surface area contributed by atoms with Gasteiger partial charge in [-0.05, 0) is 97.6 Å². The molecule has 0 amide bonds. The average Bonchev–Trinajstić information content (AvgIpc) is 3.32. The fourth-order valence-electron chi connectivity index (χ4n) is 8.35. The fourth-order valence-corrected chi connectivity index (χ4v) is 8.35. The molecule has 0 aliphatic carbocycles. The summed E-state index contributed by atoms with van der Waals surface area (Å²) in [5.41, 5.74) is 0. The lowest BCUT2D eigenvalue weighted by molar-refractivity contribution is -0.152. The molecule has 0 aromatic carbocycles. The van der Waals surface area contributed by atoms with Crippen LogP contribution in [0.2, 0.25) is 0 Å². The molecule has 0 N–H and O–H groups in total. The number of carbonyl (C=O) groups is 5. The van der Waals surface area contributed by atoms with Gasteiger partial charge in [-0.3, -0.25) is 19.2 Å². The molecule has 0 aliphatic rings.